The molecule has 0 aliphatic carbocycles. The summed E-state index contributed by atoms with van der Waals surface area (Å²) in [5.74, 6) is 0. The van der Waals surface area contributed by atoms with Crippen molar-refractivity contribution in [2.45, 2.75) is 26.5 Å². The molecule has 0 aromatic carbocycles. The summed E-state index contributed by atoms with van der Waals surface area (Å²) in [5, 5.41) is 0.103. The lowest BCUT2D eigenvalue weighted by Gasteiger charge is -2.32. The Hall–Kier alpha value is -1.11. The van der Waals surface area contributed by atoms with Gasteiger partial charge in [-0.1, -0.05) is 18.5 Å². The number of aromatic amines is 1. The third-order valence-electron chi connectivity index (χ3n) is 3.41. The van der Waals surface area contributed by atoms with Crippen LogP contribution in [-0.4, -0.2) is 46.8 Å². The summed E-state index contributed by atoms with van der Waals surface area (Å²) in [6, 6.07) is 0. The second-order valence-corrected chi connectivity index (χ2v) is 5.05. The second-order valence-electron chi connectivity index (χ2n) is 4.67. The lowest BCUT2D eigenvalue weighted by Crippen LogP contribution is -2.47. The number of rotatable bonds is 3. The number of morpholine rings is 1. The minimum Gasteiger partial charge on any atom is -0.374 e. The van der Waals surface area contributed by atoms with Gasteiger partial charge >= 0.3 is 5.69 Å². The van der Waals surface area contributed by atoms with E-state index < -0.39 is 5.69 Å². The highest BCUT2D eigenvalue weighted by atomic mass is 35.5. The van der Waals surface area contributed by atoms with Crippen LogP contribution in [0.1, 0.15) is 12.5 Å². The van der Waals surface area contributed by atoms with Gasteiger partial charge in [-0.2, -0.15) is 0 Å². The Morgan fingerprint density at radius 2 is 2.21 bits per heavy atom. The van der Waals surface area contributed by atoms with Crippen LogP contribution in [0, 0.1) is 6.92 Å². The Bertz CT molecular complexity index is 566. The van der Waals surface area contributed by atoms with E-state index in [9.17, 15) is 9.59 Å². The van der Waals surface area contributed by atoms with Crippen molar-refractivity contribution in [3.8, 4) is 0 Å². The molecule has 7 heteroatoms. The van der Waals surface area contributed by atoms with Crippen molar-refractivity contribution >= 4 is 11.6 Å². The number of halogens is 1. The van der Waals surface area contributed by atoms with Crippen molar-refractivity contribution in [2.75, 3.05) is 26.2 Å². The molecular formula is C12H18ClN3O3. The van der Waals surface area contributed by atoms with Crippen LogP contribution in [0.2, 0.25) is 5.15 Å². The van der Waals surface area contributed by atoms with Gasteiger partial charge in [0.15, 0.2) is 0 Å². The van der Waals surface area contributed by atoms with Crippen molar-refractivity contribution in [3.05, 3.63) is 31.6 Å². The molecular weight excluding hydrogens is 270 g/mol. The number of hydrogen-bond acceptors (Lipinski definition) is 4. The second kappa shape index (κ2) is 5.90. The Labute approximate surface area is 115 Å². The van der Waals surface area contributed by atoms with Gasteiger partial charge in [-0.15, -0.1) is 0 Å². The number of aromatic nitrogens is 2. The predicted molar refractivity (Wildman–Crippen MR) is 72.9 cm³/mol. The monoisotopic (exact) mass is 287 g/mol. The number of nitrogens with one attached hydrogen (secondary N) is 1. The summed E-state index contributed by atoms with van der Waals surface area (Å²) in [6.45, 7) is 7.10. The Kier molecular flexibility index (Phi) is 4.44. The highest BCUT2D eigenvalue weighted by molar-refractivity contribution is 6.30. The standard InChI is InChI=1S/C12H18ClN3O3/c1-3-15-4-5-19-9(6-15)7-16-11(17)8(2)10(13)14-12(16)18/h9H,3-7H2,1-2H3,(H,14,18). The first kappa shape index (κ1) is 14.3. The number of hydrogen-bond donors (Lipinski definition) is 1. The molecule has 1 aromatic rings. The van der Waals surface area contributed by atoms with Crippen LogP contribution < -0.4 is 11.2 Å². The van der Waals surface area contributed by atoms with E-state index in [1.54, 1.807) is 6.92 Å². The highest BCUT2D eigenvalue weighted by Gasteiger charge is 2.21. The van der Waals surface area contributed by atoms with Crippen LogP contribution in [0.3, 0.4) is 0 Å². The normalized spacial score (nSPS) is 20.7. The van der Waals surface area contributed by atoms with Gasteiger partial charge in [-0.25, -0.2) is 4.79 Å². The van der Waals surface area contributed by atoms with Crippen LogP contribution in [-0.2, 0) is 11.3 Å². The maximum atomic E-state index is 12.0. The Morgan fingerprint density at radius 3 is 2.89 bits per heavy atom. The Balaban J connectivity index is 2.22. The third-order valence-corrected chi connectivity index (χ3v) is 3.79. The summed E-state index contributed by atoms with van der Waals surface area (Å²) >= 11 is 5.77. The summed E-state index contributed by atoms with van der Waals surface area (Å²) < 4.78 is 6.76. The average Bonchev–Trinajstić information content (AvgIpc) is 2.41. The molecule has 1 aromatic heterocycles. The lowest BCUT2D eigenvalue weighted by atomic mass is 10.2. The minimum atomic E-state index is -0.488. The van der Waals surface area contributed by atoms with E-state index in [2.05, 4.69) is 16.8 Å². The van der Waals surface area contributed by atoms with Crippen molar-refractivity contribution < 1.29 is 4.74 Å². The van der Waals surface area contributed by atoms with Gasteiger partial charge in [0, 0.05) is 18.7 Å². The molecule has 0 bridgehead atoms. The van der Waals surface area contributed by atoms with Crippen molar-refractivity contribution in [1.29, 1.82) is 0 Å². The molecule has 1 aliphatic rings. The number of H-pyrrole nitrogens is 1. The molecule has 2 rings (SSSR count). The molecule has 106 valence electrons. The maximum absolute atomic E-state index is 12.0. The lowest BCUT2D eigenvalue weighted by molar-refractivity contribution is -0.0352. The number of ether oxygens (including phenoxy) is 1. The molecule has 0 radical (unpaired) electrons. The first-order valence-electron chi connectivity index (χ1n) is 6.36. The van der Waals surface area contributed by atoms with Gasteiger partial charge in [0.05, 0.1) is 19.3 Å². The zero-order valence-electron chi connectivity index (χ0n) is 11.1. The zero-order valence-corrected chi connectivity index (χ0v) is 11.9. The molecule has 0 saturated carbocycles. The molecule has 1 unspecified atom stereocenters. The van der Waals surface area contributed by atoms with Gasteiger partial charge < -0.3 is 4.74 Å². The minimum absolute atomic E-state index is 0.103. The summed E-state index contributed by atoms with van der Waals surface area (Å²) in [6.07, 6.45) is -0.145. The van der Waals surface area contributed by atoms with E-state index in [4.69, 9.17) is 16.3 Å². The molecule has 2 heterocycles. The number of nitrogens with zero attached hydrogens (tertiary/aromatic N) is 2. The topological polar surface area (TPSA) is 67.3 Å². The first-order chi connectivity index (χ1) is 9.02. The molecule has 1 fully saturated rings. The van der Waals surface area contributed by atoms with E-state index in [0.717, 1.165) is 24.2 Å². The van der Waals surface area contributed by atoms with Gasteiger partial charge in [0.1, 0.15) is 5.15 Å². The van der Waals surface area contributed by atoms with Crippen molar-refractivity contribution in [1.82, 2.24) is 14.5 Å². The van der Waals surface area contributed by atoms with Gasteiger partial charge in [0.25, 0.3) is 5.56 Å². The predicted octanol–water partition coefficient (Wildman–Crippen LogP) is 0.219. The smallest absolute Gasteiger partial charge is 0.329 e. The van der Waals surface area contributed by atoms with E-state index in [0.29, 0.717) is 12.2 Å². The van der Waals surface area contributed by atoms with E-state index in [-0.39, 0.29) is 23.4 Å². The zero-order chi connectivity index (χ0) is 14.0. The molecule has 1 aliphatic heterocycles. The van der Waals surface area contributed by atoms with Crippen molar-refractivity contribution in [2.24, 2.45) is 0 Å². The average molecular weight is 288 g/mol. The van der Waals surface area contributed by atoms with E-state index >= 15 is 0 Å². The van der Waals surface area contributed by atoms with Gasteiger partial charge in [-0.3, -0.25) is 19.2 Å². The summed E-state index contributed by atoms with van der Waals surface area (Å²) in [5.41, 5.74) is -0.492. The molecule has 19 heavy (non-hydrogen) atoms. The first-order valence-corrected chi connectivity index (χ1v) is 6.74. The van der Waals surface area contributed by atoms with Gasteiger partial charge in [0.2, 0.25) is 0 Å². The fraction of sp³-hybridized carbons (Fsp3) is 0.667. The van der Waals surface area contributed by atoms with Crippen LogP contribution in [0.25, 0.3) is 0 Å². The molecule has 0 amide bonds. The van der Waals surface area contributed by atoms with Crippen LogP contribution >= 0.6 is 11.6 Å². The molecule has 1 N–H and O–H groups in total. The molecule has 1 atom stereocenters. The number of likely N-dealkylation sites (N-methyl/N-ethyl adjacent to an activating group) is 1. The fourth-order valence-corrected chi connectivity index (χ4v) is 2.35. The summed E-state index contributed by atoms with van der Waals surface area (Å²) in [4.78, 5) is 28.5. The van der Waals surface area contributed by atoms with Crippen LogP contribution in [0.5, 0.6) is 0 Å². The van der Waals surface area contributed by atoms with E-state index in [1.807, 2.05) is 0 Å². The highest BCUT2D eigenvalue weighted by Crippen LogP contribution is 2.07. The quantitative estimate of drug-likeness (QED) is 0.808. The molecule has 0 spiro atoms. The third kappa shape index (κ3) is 3.08. The molecule has 6 nitrogen and oxygen atoms in total. The van der Waals surface area contributed by atoms with Crippen LogP contribution in [0.15, 0.2) is 9.59 Å². The SMILES string of the molecule is CCN1CCOC(Cn2c(=O)[nH]c(Cl)c(C)c2=O)C1. The largest absolute Gasteiger partial charge is 0.374 e. The van der Waals surface area contributed by atoms with Gasteiger partial charge in [-0.05, 0) is 13.5 Å². The van der Waals surface area contributed by atoms with Crippen molar-refractivity contribution in [3.63, 3.8) is 0 Å². The van der Waals surface area contributed by atoms with E-state index in [1.165, 1.54) is 0 Å². The fourth-order valence-electron chi connectivity index (χ4n) is 2.19. The van der Waals surface area contributed by atoms with Crippen LogP contribution in [0.4, 0.5) is 0 Å². The summed E-state index contributed by atoms with van der Waals surface area (Å²) in [7, 11) is 0. The maximum Gasteiger partial charge on any atom is 0.329 e. The Morgan fingerprint density at radius 1 is 1.47 bits per heavy atom. The molecule has 1 saturated heterocycles.